The molecule has 0 bridgehead atoms. The standard InChI is InChI=1S/C13H17N3OS/c1-11-2-3-13(17)16(15-11)8-7-14-6-4-12-5-9-18-10-12/h2-3,5,9-10,14H,4,6-8H2,1H3. The summed E-state index contributed by atoms with van der Waals surface area (Å²) in [6.07, 6.45) is 1.03. The summed E-state index contributed by atoms with van der Waals surface area (Å²) in [5.41, 5.74) is 2.19. The SMILES string of the molecule is Cc1ccc(=O)n(CCNCCc2ccsc2)n1. The van der Waals surface area contributed by atoms with Crippen molar-refractivity contribution in [3.8, 4) is 0 Å². The van der Waals surface area contributed by atoms with Gasteiger partial charge < -0.3 is 5.32 Å². The molecule has 2 aromatic heterocycles. The number of rotatable bonds is 6. The number of nitrogens with one attached hydrogen (secondary N) is 1. The zero-order chi connectivity index (χ0) is 12.8. The molecule has 0 fully saturated rings. The van der Waals surface area contributed by atoms with E-state index in [0.717, 1.165) is 25.2 Å². The van der Waals surface area contributed by atoms with Gasteiger partial charge in [-0.25, -0.2) is 4.68 Å². The van der Waals surface area contributed by atoms with E-state index in [1.54, 1.807) is 23.5 Å². The maximum Gasteiger partial charge on any atom is 0.266 e. The topological polar surface area (TPSA) is 46.9 Å². The minimum Gasteiger partial charge on any atom is -0.315 e. The maximum absolute atomic E-state index is 11.5. The van der Waals surface area contributed by atoms with Gasteiger partial charge in [0.05, 0.1) is 12.2 Å². The molecule has 1 N–H and O–H groups in total. The molecule has 0 aromatic carbocycles. The van der Waals surface area contributed by atoms with Crippen molar-refractivity contribution in [3.63, 3.8) is 0 Å². The average molecular weight is 263 g/mol. The van der Waals surface area contributed by atoms with Crippen LogP contribution in [-0.2, 0) is 13.0 Å². The van der Waals surface area contributed by atoms with Crippen molar-refractivity contribution in [1.29, 1.82) is 0 Å². The molecule has 5 heteroatoms. The molecule has 2 rings (SSSR count). The van der Waals surface area contributed by atoms with Crippen LogP contribution in [0.1, 0.15) is 11.3 Å². The maximum atomic E-state index is 11.5. The number of nitrogens with zero attached hydrogens (tertiary/aromatic N) is 2. The lowest BCUT2D eigenvalue weighted by molar-refractivity contribution is 0.529. The van der Waals surface area contributed by atoms with Gasteiger partial charge >= 0.3 is 0 Å². The molecule has 0 saturated carbocycles. The number of hydrogen-bond donors (Lipinski definition) is 1. The summed E-state index contributed by atoms with van der Waals surface area (Å²) in [5.74, 6) is 0. The van der Waals surface area contributed by atoms with E-state index in [0.29, 0.717) is 6.54 Å². The Morgan fingerprint density at radius 1 is 1.33 bits per heavy atom. The Morgan fingerprint density at radius 2 is 2.22 bits per heavy atom. The monoisotopic (exact) mass is 263 g/mol. The molecule has 2 aromatic rings. The lowest BCUT2D eigenvalue weighted by atomic mass is 10.2. The fourth-order valence-electron chi connectivity index (χ4n) is 1.69. The van der Waals surface area contributed by atoms with Crippen LogP contribution in [-0.4, -0.2) is 22.9 Å². The molecule has 0 aliphatic rings. The third kappa shape index (κ3) is 3.78. The Balaban J connectivity index is 1.72. The first-order valence-corrected chi connectivity index (χ1v) is 6.96. The molecule has 2 heterocycles. The van der Waals surface area contributed by atoms with Crippen molar-refractivity contribution in [2.75, 3.05) is 13.1 Å². The van der Waals surface area contributed by atoms with E-state index in [2.05, 4.69) is 27.2 Å². The van der Waals surface area contributed by atoms with Gasteiger partial charge in [0.2, 0.25) is 0 Å². The van der Waals surface area contributed by atoms with E-state index in [4.69, 9.17) is 0 Å². The molecule has 0 radical (unpaired) electrons. The van der Waals surface area contributed by atoms with E-state index >= 15 is 0 Å². The predicted molar refractivity (Wildman–Crippen MR) is 74.1 cm³/mol. The Bertz CT molecular complexity index is 533. The van der Waals surface area contributed by atoms with Gasteiger partial charge in [-0.3, -0.25) is 4.79 Å². The number of aromatic nitrogens is 2. The van der Waals surface area contributed by atoms with Gasteiger partial charge in [0.15, 0.2) is 0 Å². The van der Waals surface area contributed by atoms with Crippen LogP contribution in [0, 0.1) is 6.92 Å². The number of thiophene rings is 1. The molecule has 4 nitrogen and oxygen atoms in total. The van der Waals surface area contributed by atoms with E-state index in [1.807, 2.05) is 6.92 Å². The van der Waals surface area contributed by atoms with Crippen molar-refractivity contribution in [2.45, 2.75) is 19.9 Å². The number of aryl methyl sites for hydroxylation is 1. The summed E-state index contributed by atoms with van der Waals surface area (Å²) in [5, 5.41) is 11.8. The highest BCUT2D eigenvalue weighted by Crippen LogP contribution is 2.05. The molecule has 96 valence electrons. The Morgan fingerprint density at radius 3 is 3.00 bits per heavy atom. The minimum atomic E-state index is -0.0414. The molecule has 0 aliphatic carbocycles. The minimum absolute atomic E-state index is 0.0414. The first-order valence-electron chi connectivity index (χ1n) is 6.02. The summed E-state index contributed by atoms with van der Waals surface area (Å²) in [6.45, 7) is 4.20. The summed E-state index contributed by atoms with van der Waals surface area (Å²) >= 11 is 1.72. The average Bonchev–Trinajstić information content (AvgIpc) is 2.86. The highest BCUT2D eigenvalue weighted by Gasteiger charge is 1.97. The third-order valence-corrected chi connectivity index (χ3v) is 3.40. The molecule has 0 aliphatic heterocycles. The highest BCUT2D eigenvalue weighted by molar-refractivity contribution is 7.07. The van der Waals surface area contributed by atoms with Gasteiger partial charge in [-0.05, 0) is 48.3 Å². The molecule has 0 unspecified atom stereocenters. The fourth-order valence-corrected chi connectivity index (χ4v) is 2.39. The smallest absolute Gasteiger partial charge is 0.266 e. The summed E-state index contributed by atoms with van der Waals surface area (Å²) in [6, 6.07) is 5.44. The number of hydrogen-bond acceptors (Lipinski definition) is 4. The van der Waals surface area contributed by atoms with Crippen LogP contribution in [0.15, 0.2) is 33.8 Å². The van der Waals surface area contributed by atoms with Gasteiger partial charge in [-0.15, -0.1) is 0 Å². The quantitative estimate of drug-likeness (QED) is 0.802. The summed E-state index contributed by atoms with van der Waals surface area (Å²) in [7, 11) is 0. The lowest BCUT2D eigenvalue weighted by Crippen LogP contribution is -2.29. The summed E-state index contributed by atoms with van der Waals surface area (Å²) in [4.78, 5) is 11.5. The normalized spacial score (nSPS) is 10.7. The fraction of sp³-hybridized carbons (Fsp3) is 0.385. The van der Waals surface area contributed by atoms with Gasteiger partial charge in [0, 0.05) is 12.6 Å². The Labute approximate surface area is 110 Å². The van der Waals surface area contributed by atoms with Crippen LogP contribution in [0.4, 0.5) is 0 Å². The van der Waals surface area contributed by atoms with Gasteiger partial charge in [-0.1, -0.05) is 0 Å². The van der Waals surface area contributed by atoms with Crippen molar-refractivity contribution >= 4 is 11.3 Å². The van der Waals surface area contributed by atoms with E-state index in [9.17, 15) is 4.79 Å². The van der Waals surface area contributed by atoms with Crippen molar-refractivity contribution in [1.82, 2.24) is 15.1 Å². The second-order valence-electron chi connectivity index (χ2n) is 4.17. The molecular weight excluding hydrogens is 246 g/mol. The van der Waals surface area contributed by atoms with Crippen molar-refractivity contribution in [2.24, 2.45) is 0 Å². The Hall–Kier alpha value is -1.46. The second-order valence-corrected chi connectivity index (χ2v) is 4.95. The molecule has 0 saturated heterocycles. The molecule has 0 atom stereocenters. The van der Waals surface area contributed by atoms with Crippen LogP contribution < -0.4 is 10.9 Å². The first-order chi connectivity index (χ1) is 8.75. The molecule has 0 amide bonds. The van der Waals surface area contributed by atoms with E-state index in [1.165, 1.54) is 10.2 Å². The predicted octanol–water partition coefficient (Wildman–Crippen LogP) is 1.45. The zero-order valence-corrected chi connectivity index (χ0v) is 11.2. The Kier molecular flexibility index (Phi) is 4.66. The van der Waals surface area contributed by atoms with Crippen LogP contribution in [0.2, 0.25) is 0 Å². The third-order valence-electron chi connectivity index (χ3n) is 2.67. The summed E-state index contributed by atoms with van der Waals surface area (Å²) < 4.78 is 1.51. The van der Waals surface area contributed by atoms with E-state index < -0.39 is 0 Å². The largest absolute Gasteiger partial charge is 0.315 e. The second kappa shape index (κ2) is 6.47. The van der Waals surface area contributed by atoms with Crippen LogP contribution >= 0.6 is 11.3 Å². The van der Waals surface area contributed by atoms with Crippen LogP contribution in [0.25, 0.3) is 0 Å². The molecular formula is C13H17N3OS. The zero-order valence-electron chi connectivity index (χ0n) is 10.4. The lowest BCUT2D eigenvalue weighted by Gasteiger charge is -2.06. The van der Waals surface area contributed by atoms with Crippen LogP contribution in [0.3, 0.4) is 0 Å². The first kappa shape index (κ1) is 13.0. The van der Waals surface area contributed by atoms with Gasteiger partial charge in [0.25, 0.3) is 5.56 Å². The van der Waals surface area contributed by atoms with Gasteiger partial charge in [0.1, 0.15) is 0 Å². The van der Waals surface area contributed by atoms with Crippen molar-refractivity contribution < 1.29 is 0 Å². The van der Waals surface area contributed by atoms with Crippen LogP contribution in [0.5, 0.6) is 0 Å². The highest BCUT2D eigenvalue weighted by atomic mass is 32.1. The van der Waals surface area contributed by atoms with Gasteiger partial charge in [-0.2, -0.15) is 16.4 Å². The van der Waals surface area contributed by atoms with Crippen molar-refractivity contribution in [3.05, 3.63) is 50.6 Å². The van der Waals surface area contributed by atoms with E-state index in [-0.39, 0.29) is 5.56 Å². The molecule has 18 heavy (non-hydrogen) atoms. The molecule has 0 spiro atoms.